The normalized spacial score (nSPS) is 26.5. The first-order valence-corrected chi connectivity index (χ1v) is 9.58. The fourth-order valence-corrected chi connectivity index (χ4v) is 3.66. The van der Waals surface area contributed by atoms with Gasteiger partial charge in [0.25, 0.3) is 0 Å². The Hall–Kier alpha value is -1.63. The number of rotatable bonds is 6. The van der Waals surface area contributed by atoms with E-state index in [1.807, 2.05) is 30.3 Å². The predicted molar refractivity (Wildman–Crippen MR) is 99.0 cm³/mol. The minimum Gasteiger partial charge on any atom is -0.445 e. The fraction of sp³-hybridized carbons (Fsp3) is 0.650. The highest BCUT2D eigenvalue weighted by Gasteiger charge is 2.27. The van der Waals surface area contributed by atoms with Crippen LogP contribution in [0.1, 0.15) is 31.2 Å². The summed E-state index contributed by atoms with van der Waals surface area (Å²) in [7, 11) is 1.79. The van der Waals surface area contributed by atoms with Gasteiger partial charge in [-0.1, -0.05) is 30.3 Å². The minimum atomic E-state index is -0.265. The molecule has 0 radical (unpaired) electrons. The largest absolute Gasteiger partial charge is 0.445 e. The molecule has 26 heavy (non-hydrogen) atoms. The van der Waals surface area contributed by atoms with Gasteiger partial charge in [0.1, 0.15) is 6.61 Å². The minimum absolute atomic E-state index is 0.0101. The third-order valence-corrected chi connectivity index (χ3v) is 5.20. The van der Waals surface area contributed by atoms with Crippen molar-refractivity contribution in [1.29, 1.82) is 0 Å². The van der Waals surface area contributed by atoms with Gasteiger partial charge in [-0.3, -0.25) is 0 Å². The van der Waals surface area contributed by atoms with Crippen molar-refractivity contribution >= 4 is 6.09 Å². The number of methoxy groups -OCH3 is 1. The summed E-state index contributed by atoms with van der Waals surface area (Å²) >= 11 is 0. The fourth-order valence-electron chi connectivity index (χ4n) is 3.66. The zero-order valence-electron chi connectivity index (χ0n) is 15.6. The Morgan fingerprint density at radius 1 is 1.31 bits per heavy atom. The van der Waals surface area contributed by atoms with Crippen molar-refractivity contribution in [2.75, 3.05) is 33.4 Å². The van der Waals surface area contributed by atoms with Gasteiger partial charge < -0.3 is 24.4 Å². The summed E-state index contributed by atoms with van der Waals surface area (Å²) in [5.74, 6) is 0. The van der Waals surface area contributed by atoms with Crippen molar-refractivity contribution in [2.24, 2.45) is 0 Å². The number of ether oxygens (including phenoxy) is 3. The molecule has 6 heteroatoms. The zero-order valence-corrected chi connectivity index (χ0v) is 15.6. The monoisotopic (exact) mass is 362 g/mol. The summed E-state index contributed by atoms with van der Waals surface area (Å²) in [6.07, 6.45) is 4.67. The summed E-state index contributed by atoms with van der Waals surface area (Å²) in [6.45, 7) is 2.77. The molecular formula is C20H30N2O4. The Kier molecular flexibility index (Phi) is 7.29. The molecule has 1 saturated carbocycles. The van der Waals surface area contributed by atoms with Crippen LogP contribution >= 0.6 is 0 Å². The van der Waals surface area contributed by atoms with E-state index in [1.165, 1.54) is 12.8 Å². The van der Waals surface area contributed by atoms with Gasteiger partial charge in [0.2, 0.25) is 0 Å². The maximum atomic E-state index is 12.3. The Bertz CT molecular complexity index is 554. The second-order valence-electron chi connectivity index (χ2n) is 7.11. The van der Waals surface area contributed by atoms with Crippen LogP contribution in [0.4, 0.5) is 4.79 Å². The van der Waals surface area contributed by atoms with Gasteiger partial charge in [-0.05, 0) is 31.2 Å². The van der Waals surface area contributed by atoms with Crippen LogP contribution in [0.15, 0.2) is 30.3 Å². The van der Waals surface area contributed by atoms with E-state index in [2.05, 4.69) is 5.32 Å². The summed E-state index contributed by atoms with van der Waals surface area (Å²) in [5.41, 5.74) is 0.998. The molecule has 2 fully saturated rings. The average Bonchev–Trinajstić information content (AvgIpc) is 2.71. The number of carbonyl (C=O) groups excluding carboxylic acids is 1. The molecule has 1 aromatic carbocycles. The van der Waals surface area contributed by atoms with Crippen LogP contribution in [0.25, 0.3) is 0 Å². The molecule has 3 unspecified atom stereocenters. The van der Waals surface area contributed by atoms with Crippen LogP contribution in [-0.4, -0.2) is 62.6 Å². The molecule has 0 spiro atoms. The first-order chi connectivity index (χ1) is 12.7. The molecule has 2 aliphatic rings. The third-order valence-electron chi connectivity index (χ3n) is 5.20. The topological polar surface area (TPSA) is 60.0 Å². The first kappa shape index (κ1) is 19.1. The number of benzene rings is 1. The number of morpholine rings is 1. The predicted octanol–water partition coefficient (Wildman–Crippen LogP) is 2.57. The van der Waals surface area contributed by atoms with Gasteiger partial charge in [0, 0.05) is 26.2 Å². The maximum absolute atomic E-state index is 12.3. The van der Waals surface area contributed by atoms with Gasteiger partial charge in [0.15, 0.2) is 0 Å². The lowest BCUT2D eigenvalue weighted by Gasteiger charge is -2.34. The number of amides is 1. The lowest BCUT2D eigenvalue weighted by molar-refractivity contribution is -0.0296. The van der Waals surface area contributed by atoms with Crippen molar-refractivity contribution in [2.45, 2.75) is 50.5 Å². The molecule has 1 aliphatic carbocycles. The molecule has 3 rings (SSSR count). The Morgan fingerprint density at radius 2 is 2.15 bits per heavy atom. The van der Waals surface area contributed by atoms with E-state index in [0.29, 0.717) is 38.4 Å². The summed E-state index contributed by atoms with van der Waals surface area (Å²) < 4.78 is 16.7. The highest BCUT2D eigenvalue weighted by atomic mass is 16.6. The van der Waals surface area contributed by atoms with Crippen molar-refractivity contribution in [3.05, 3.63) is 35.9 Å². The Morgan fingerprint density at radius 3 is 2.96 bits per heavy atom. The number of nitrogens with zero attached hydrogens (tertiary/aromatic N) is 1. The van der Waals surface area contributed by atoms with E-state index in [-0.39, 0.29) is 12.2 Å². The molecule has 6 nitrogen and oxygen atoms in total. The van der Waals surface area contributed by atoms with Crippen molar-refractivity contribution < 1.29 is 19.0 Å². The second kappa shape index (κ2) is 9.90. The van der Waals surface area contributed by atoms with Crippen LogP contribution in [0.5, 0.6) is 0 Å². The second-order valence-corrected chi connectivity index (χ2v) is 7.11. The molecule has 0 bridgehead atoms. The first-order valence-electron chi connectivity index (χ1n) is 9.58. The van der Waals surface area contributed by atoms with Crippen LogP contribution in [0.2, 0.25) is 0 Å². The standard InChI is InChI=1S/C20H30N2O4/c1-24-18-9-5-8-17(12-18)21-13-19-14-22(10-11-25-19)20(23)26-15-16-6-3-2-4-7-16/h2-4,6-7,17-19,21H,5,8-15H2,1H3. The lowest BCUT2D eigenvalue weighted by Crippen LogP contribution is -2.50. The van der Waals surface area contributed by atoms with Gasteiger partial charge in [-0.2, -0.15) is 0 Å². The highest BCUT2D eigenvalue weighted by molar-refractivity contribution is 5.67. The Balaban J connectivity index is 1.40. The number of hydrogen-bond acceptors (Lipinski definition) is 5. The van der Waals surface area contributed by atoms with E-state index in [1.54, 1.807) is 12.0 Å². The quantitative estimate of drug-likeness (QED) is 0.843. The van der Waals surface area contributed by atoms with E-state index >= 15 is 0 Å². The van der Waals surface area contributed by atoms with Crippen LogP contribution in [0, 0.1) is 0 Å². The number of hydrogen-bond donors (Lipinski definition) is 1. The summed E-state index contributed by atoms with van der Waals surface area (Å²) in [4.78, 5) is 14.1. The van der Waals surface area contributed by atoms with Crippen LogP contribution < -0.4 is 5.32 Å². The SMILES string of the molecule is COC1CCCC(NCC2CN(C(=O)OCc3ccccc3)CCO2)C1. The molecule has 1 N–H and O–H groups in total. The third kappa shape index (κ3) is 5.69. The number of carbonyl (C=O) groups is 1. The van der Waals surface area contributed by atoms with Crippen molar-refractivity contribution in [3.8, 4) is 0 Å². The molecule has 0 aromatic heterocycles. The van der Waals surface area contributed by atoms with Crippen LogP contribution in [-0.2, 0) is 20.8 Å². The molecule has 1 aliphatic heterocycles. The lowest BCUT2D eigenvalue weighted by atomic mass is 9.93. The van der Waals surface area contributed by atoms with Crippen LogP contribution in [0.3, 0.4) is 0 Å². The molecule has 144 valence electrons. The average molecular weight is 362 g/mol. The molecule has 1 heterocycles. The van der Waals surface area contributed by atoms with E-state index in [0.717, 1.165) is 24.9 Å². The smallest absolute Gasteiger partial charge is 0.410 e. The zero-order chi connectivity index (χ0) is 18.2. The molecular weight excluding hydrogens is 332 g/mol. The van der Waals surface area contributed by atoms with E-state index in [9.17, 15) is 4.79 Å². The molecule has 3 atom stereocenters. The van der Waals surface area contributed by atoms with Crippen molar-refractivity contribution in [3.63, 3.8) is 0 Å². The van der Waals surface area contributed by atoms with Gasteiger partial charge >= 0.3 is 6.09 Å². The Labute approximate surface area is 155 Å². The van der Waals surface area contributed by atoms with Gasteiger partial charge in [-0.15, -0.1) is 0 Å². The summed E-state index contributed by atoms with van der Waals surface area (Å²) in [6, 6.07) is 10.2. The number of nitrogens with one attached hydrogen (secondary N) is 1. The summed E-state index contributed by atoms with van der Waals surface area (Å²) in [5, 5.41) is 3.59. The molecule has 1 saturated heterocycles. The molecule has 1 amide bonds. The highest BCUT2D eigenvalue weighted by Crippen LogP contribution is 2.20. The van der Waals surface area contributed by atoms with E-state index in [4.69, 9.17) is 14.2 Å². The van der Waals surface area contributed by atoms with Gasteiger partial charge in [0.05, 0.1) is 25.4 Å². The molecule has 1 aromatic rings. The maximum Gasteiger partial charge on any atom is 0.410 e. The van der Waals surface area contributed by atoms with E-state index < -0.39 is 0 Å². The van der Waals surface area contributed by atoms with Crippen molar-refractivity contribution in [1.82, 2.24) is 10.2 Å². The van der Waals surface area contributed by atoms with Gasteiger partial charge in [-0.25, -0.2) is 4.79 Å².